The maximum atomic E-state index is 13.4. The van der Waals surface area contributed by atoms with Crippen molar-refractivity contribution in [3.8, 4) is 5.75 Å². The summed E-state index contributed by atoms with van der Waals surface area (Å²) in [7, 11) is 0. The van der Waals surface area contributed by atoms with Crippen molar-refractivity contribution in [2.75, 3.05) is 11.5 Å². The number of carbonyl (C=O) groups excluding carboxylic acids is 3. The van der Waals surface area contributed by atoms with E-state index in [0.29, 0.717) is 22.4 Å². The third kappa shape index (κ3) is 4.21. The van der Waals surface area contributed by atoms with Crippen molar-refractivity contribution >= 4 is 39.9 Å². The lowest BCUT2D eigenvalue weighted by molar-refractivity contribution is -0.132. The number of aliphatic hydroxyl groups excluding tert-OH is 1. The van der Waals surface area contributed by atoms with Crippen LogP contribution in [-0.2, 0) is 14.3 Å². The second-order valence-corrected chi connectivity index (χ2v) is 8.55. The monoisotopic (exact) mass is 493 g/mol. The van der Waals surface area contributed by atoms with E-state index in [1.54, 1.807) is 43.3 Å². The summed E-state index contributed by atoms with van der Waals surface area (Å²) in [4.78, 5) is 40.2. The fourth-order valence-electron chi connectivity index (χ4n) is 4.62. The van der Waals surface area contributed by atoms with E-state index < -0.39 is 23.7 Å². The molecule has 1 atom stereocenters. The SMILES string of the molecule is CCOC(=O)c1ccc(N2C(=O)C(=O)/C(=C(\O)c3cccc4ccccc34)C2c2ccc(O)cc2)cc1. The van der Waals surface area contributed by atoms with E-state index in [2.05, 4.69) is 0 Å². The second kappa shape index (κ2) is 9.62. The number of phenolic OH excluding ortho intramolecular Hbond substituents is 1. The topological polar surface area (TPSA) is 104 Å². The van der Waals surface area contributed by atoms with Gasteiger partial charge in [0.1, 0.15) is 11.5 Å². The van der Waals surface area contributed by atoms with Crippen molar-refractivity contribution < 1.29 is 29.3 Å². The normalized spacial score (nSPS) is 16.8. The molecule has 1 fully saturated rings. The predicted octanol–water partition coefficient (Wildman–Crippen LogP) is 5.35. The quantitative estimate of drug-likeness (QED) is 0.168. The van der Waals surface area contributed by atoms with Gasteiger partial charge >= 0.3 is 5.97 Å². The van der Waals surface area contributed by atoms with E-state index in [9.17, 15) is 24.6 Å². The van der Waals surface area contributed by atoms with Gasteiger partial charge in [0.2, 0.25) is 0 Å². The molecule has 184 valence electrons. The summed E-state index contributed by atoms with van der Waals surface area (Å²) < 4.78 is 5.03. The smallest absolute Gasteiger partial charge is 0.338 e. The zero-order valence-electron chi connectivity index (χ0n) is 19.9. The van der Waals surface area contributed by atoms with E-state index in [0.717, 1.165) is 10.8 Å². The number of carbonyl (C=O) groups is 3. The molecule has 0 radical (unpaired) electrons. The van der Waals surface area contributed by atoms with Gasteiger partial charge in [-0.05, 0) is 59.7 Å². The van der Waals surface area contributed by atoms with Crippen LogP contribution in [0.15, 0.2) is 96.6 Å². The standard InChI is InChI=1S/C30H23NO6/c1-2-37-30(36)20-10-14-21(15-11-20)31-26(19-12-16-22(32)17-13-19)25(28(34)29(31)35)27(33)24-9-5-7-18-6-3-4-8-23(18)24/h3-17,26,32-33H,2H2,1H3/b27-25-. The second-order valence-electron chi connectivity index (χ2n) is 8.55. The van der Waals surface area contributed by atoms with Crippen LogP contribution in [0.25, 0.3) is 16.5 Å². The highest BCUT2D eigenvalue weighted by Gasteiger charge is 2.47. The largest absolute Gasteiger partial charge is 0.508 e. The van der Waals surface area contributed by atoms with Crippen LogP contribution in [0.3, 0.4) is 0 Å². The van der Waals surface area contributed by atoms with Crippen molar-refractivity contribution in [1.82, 2.24) is 0 Å². The Labute approximate surface area is 212 Å². The van der Waals surface area contributed by atoms with Gasteiger partial charge in [-0.1, -0.05) is 54.6 Å². The van der Waals surface area contributed by atoms with Crippen LogP contribution in [0.5, 0.6) is 5.75 Å². The fourth-order valence-corrected chi connectivity index (χ4v) is 4.62. The summed E-state index contributed by atoms with van der Waals surface area (Å²) in [6.45, 7) is 1.93. The van der Waals surface area contributed by atoms with Crippen molar-refractivity contribution in [3.05, 3.63) is 113 Å². The minimum absolute atomic E-state index is 0.0218. The van der Waals surface area contributed by atoms with Gasteiger partial charge in [-0.3, -0.25) is 14.5 Å². The number of aromatic hydroxyl groups is 1. The van der Waals surface area contributed by atoms with Crippen LogP contribution in [-0.4, -0.2) is 34.5 Å². The number of hydrogen-bond acceptors (Lipinski definition) is 6. The molecule has 1 amide bonds. The lowest BCUT2D eigenvalue weighted by Crippen LogP contribution is -2.29. The van der Waals surface area contributed by atoms with Crippen LogP contribution in [0.4, 0.5) is 5.69 Å². The molecule has 5 rings (SSSR count). The van der Waals surface area contributed by atoms with Gasteiger partial charge in [-0.15, -0.1) is 0 Å². The Bertz CT molecular complexity index is 1550. The number of esters is 1. The molecule has 2 N–H and O–H groups in total. The van der Waals surface area contributed by atoms with Gasteiger partial charge in [0.15, 0.2) is 0 Å². The van der Waals surface area contributed by atoms with E-state index in [1.165, 1.54) is 29.2 Å². The number of nitrogens with zero attached hydrogens (tertiary/aromatic N) is 1. The molecule has 37 heavy (non-hydrogen) atoms. The molecular formula is C30H23NO6. The Morgan fingerprint density at radius 1 is 0.892 bits per heavy atom. The summed E-state index contributed by atoms with van der Waals surface area (Å²) in [6, 6.07) is 24.1. The average Bonchev–Trinajstić information content (AvgIpc) is 3.18. The molecule has 0 spiro atoms. The Kier molecular flexibility index (Phi) is 6.19. The first-order valence-electron chi connectivity index (χ1n) is 11.8. The Morgan fingerprint density at radius 3 is 2.27 bits per heavy atom. The highest BCUT2D eigenvalue weighted by molar-refractivity contribution is 6.51. The zero-order chi connectivity index (χ0) is 26.1. The first kappa shape index (κ1) is 23.8. The van der Waals surface area contributed by atoms with Gasteiger partial charge < -0.3 is 14.9 Å². The molecular weight excluding hydrogens is 470 g/mol. The lowest BCUT2D eigenvalue weighted by Gasteiger charge is -2.25. The number of aliphatic hydroxyl groups is 1. The van der Waals surface area contributed by atoms with Crippen molar-refractivity contribution in [1.29, 1.82) is 0 Å². The van der Waals surface area contributed by atoms with E-state index >= 15 is 0 Å². The number of anilines is 1. The molecule has 0 aliphatic carbocycles. The number of fused-ring (bicyclic) bond motifs is 1. The van der Waals surface area contributed by atoms with Gasteiger partial charge in [0.25, 0.3) is 11.7 Å². The molecule has 7 heteroatoms. The average molecular weight is 494 g/mol. The maximum absolute atomic E-state index is 13.4. The highest BCUT2D eigenvalue weighted by atomic mass is 16.5. The van der Waals surface area contributed by atoms with Crippen LogP contribution in [0.2, 0.25) is 0 Å². The van der Waals surface area contributed by atoms with Gasteiger partial charge in [-0.25, -0.2) is 4.79 Å². The summed E-state index contributed by atoms with van der Waals surface area (Å²) in [5.41, 5.74) is 1.55. The molecule has 1 saturated heterocycles. The third-order valence-electron chi connectivity index (χ3n) is 6.35. The molecule has 7 nitrogen and oxygen atoms in total. The Hall–Kier alpha value is -4.91. The summed E-state index contributed by atoms with van der Waals surface area (Å²) in [6.07, 6.45) is 0. The summed E-state index contributed by atoms with van der Waals surface area (Å²) >= 11 is 0. The highest BCUT2D eigenvalue weighted by Crippen LogP contribution is 2.43. The minimum atomic E-state index is -0.965. The maximum Gasteiger partial charge on any atom is 0.338 e. The Balaban J connectivity index is 1.69. The van der Waals surface area contributed by atoms with Crippen molar-refractivity contribution in [3.63, 3.8) is 0 Å². The summed E-state index contributed by atoms with van der Waals surface area (Å²) in [5.74, 6) is -2.42. The van der Waals surface area contributed by atoms with Crippen LogP contribution >= 0.6 is 0 Å². The predicted molar refractivity (Wildman–Crippen MR) is 139 cm³/mol. The van der Waals surface area contributed by atoms with Gasteiger partial charge in [-0.2, -0.15) is 0 Å². The molecule has 1 unspecified atom stereocenters. The first-order valence-corrected chi connectivity index (χ1v) is 11.8. The molecule has 0 aromatic heterocycles. The third-order valence-corrected chi connectivity index (χ3v) is 6.35. The van der Waals surface area contributed by atoms with Gasteiger partial charge in [0, 0.05) is 11.3 Å². The zero-order valence-corrected chi connectivity index (χ0v) is 19.9. The summed E-state index contributed by atoms with van der Waals surface area (Å²) in [5, 5.41) is 22.9. The van der Waals surface area contributed by atoms with E-state index in [4.69, 9.17) is 4.74 Å². The number of benzene rings is 4. The Morgan fingerprint density at radius 2 is 1.57 bits per heavy atom. The van der Waals surface area contributed by atoms with Crippen LogP contribution in [0.1, 0.15) is 34.5 Å². The number of rotatable bonds is 5. The van der Waals surface area contributed by atoms with E-state index in [1.807, 2.05) is 30.3 Å². The van der Waals surface area contributed by atoms with Crippen molar-refractivity contribution in [2.45, 2.75) is 13.0 Å². The van der Waals surface area contributed by atoms with E-state index in [-0.39, 0.29) is 23.7 Å². The molecule has 0 saturated carbocycles. The number of ketones is 1. The minimum Gasteiger partial charge on any atom is -0.508 e. The molecule has 4 aromatic rings. The lowest BCUT2D eigenvalue weighted by atomic mass is 9.93. The number of phenols is 1. The number of hydrogen-bond donors (Lipinski definition) is 2. The van der Waals surface area contributed by atoms with Crippen LogP contribution in [0, 0.1) is 0 Å². The number of Topliss-reactive ketones (excluding diaryl/α,β-unsaturated/α-hetero) is 1. The van der Waals surface area contributed by atoms with Gasteiger partial charge in [0.05, 0.1) is 23.8 Å². The molecule has 0 bridgehead atoms. The molecule has 1 heterocycles. The molecule has 1 aliphatic heterocycles. The number of amides is 1. The number of ether oxygens (including phenoxy) is 1. The first-order chi connectivity index (χ1) is 17.9. The molecule has 4 aromatic carbocycles. The fraction of sp³-hybridized carbons (Fsp3) is 0.100. The van der Waals surface area contributed by atoms with Crippen molar-refractivity contribution in [2.24, 2.45) is 0 Å². The molecule has 1 aliphatic rings. The van der Waals surface area contributed by atoms with Crippen LogP contribution < -0.4 is 4.90 Å².